The van der Waals surface area contributed by atoms with Gasteiger partial charge in [-0.2, -0.15) is 0 Å². The van der Waals surface area contributed by atoms with E-state index in [1.165, 1.54) is 88.0 Å². The van der Waals surface area contributed by atoms with Crippen molar-refractivity contribution in [3.63, 3.8) is 0 Å². The highest BCUT2D eigenvalue weighted by atomic mass is 16.5. The summed E-state index contributed by atoms with van der Waals surface area (Å²) in [6, 6.07) is 82.8. The molecule has 1 atom stereocenters. The van der Waals surface area contributed by atoms with E-state index in [0.717, 1.165) is 27.8 Å². The van der Waals surface area contributed by atoms with Crippen molar-refractivity contribution < 1.29 is 4.74 Å². The molecule has 62 heavy (non-hydrogen) atoms. The summed E-state index contributed by atoms with van der Waals surface area (Å²) >= 11 is 0. The van der Waals surface area contributed by atoms with Gasteiger partial charge < -0.3 is 10.1 Å². The largest absolute Gasteiger partial charge is 0.464 e. The topological polar surface area (TPSA) is 21.3 Å². The second-order valence-electron chi connectivity index (χ2n) is 16.8. The van der Waals surface area contributed by atoms with E-state index < -0.39 is 5.41 Å². The second kappa shape index (κ2) is 13.5. The quantitative estimate of drug-likeness (QED) is 0.175. The van der Waals surface area contributed by atoms with Crippen LogP contribution in [0.15, 0.2) is 224 Å². The number of anilines is 1. The van der Waals surface area contributed by atoms with Crippen LogP contribution in [0.25, 0.3) is 76.5 Å². The number of nitrogens with one attached hydrogen (secondary N) is 1. The molecule has 13 rings (SSSR count). The van der Waals surface area contributed by atoms with Crippen molar-refractivity contribution in [3.8, 4) is 39.1 Å². The maximum absolute atomic E-state index is 6.75. The maximum Gasteiger partial charge on any atom is 0.196 e. The number of fused-ring (bicyclic) bond motifs is 11. The van der Waals surface area contributed by atoms with Crippen LogP contribution < -0.4 is 10.1 Å². The predicted molar refractivity (Wildman–Crippen MR) is 258 cm³/mol. The molecule has 0 amide bonds. The normalized spacial score (nSPS) is 14.7. The molecule has 0 radical (unpaired) electrons. The Morgan fingerprint density at radius 3 is 1.77 bits per heavy atom. The van der Waals surface area contributed by atoms with Crippen LogP contribution in [0.4, 0.5) is 5.69 Å². The minimum Gasteiger partial charge on any atom is -0.464 e. The van der Waals surface area contributed by atoms with Crippen LogP contribution in [0.5, 0.6) is 5.75 Å². The molecular weight excluding hydrogens is 751 g/mol. The van der Waals surface area contributed by atoms with Crippen LogP contribution in [0.2, 0.25) is 0 Å². The average molecular weight is 790 g/mol. The van der Waals surface area contributed by atoms with Gasteiger partial charge in [0.05, 0.1) is 11.1 Å². The molecule has 1 aliphatic heterocycles. The van der Waals surface area contributed by atoms with Crippen LogP contribution in [0, 0.1) is 0 Å². The molecule has 2 heteroatoms. The molecule has 11 aromatic rings. The van der Waals surface area contributed by atoms with Gasteiger partial charge in [-0.25, -0.2) is 0 Å². The van der Waals surface area contributed by atoms with Gasteiger partial charge in [-0.05, 0) is 124 Å². The second-order valence-corrected chi connectivity index (χ2v) is 16.8. The number of ether oxygens (including phenoxy) is 1. The molecule has 1 heterocycles. The van der Waals surface area contributed by atoms with Crippen LogP contribution in [0.1, 0.15) is 34.0 Å². The summed E-state index contributed by atoms with van der Waals surface area (Å²) in [7, 11) is 0. The summed E-state index contributed by atoms with van der Waals surface area (Å²) in [5.74, 6) is 0.908. The zero-order valence-electron chi connectivity index (χ0n) is 33.8. The zero-order chi connectivity index (χ0) is 40.8. The Morgan fingerprint density at radius 2 is 0.984 bits per heavy atom. The number of hydrogen-bond donors (Lipinski definition) is 1. The Labute approximate surface area is 360 Å². The van der Waals surface area contributed by atoms with Gasteiger partial charge in [0.15, 0.2) is 12.0 Å². The number of benzene rings is 11. The molecule has 0 fully saturated rings. The van der Waals surface area contributed by atoms with Crippen LogP contribution in [-0.2, 0) is 5.41 Å². The fourth-order valence-electron chi connectivity index (χ4n) is 10.7. The van der Waals surface area contributed by atoms with Crippen molar-refractivity contribution in [1.29, 1.82) is 0 Å². The van der Waals surface area contributed by atoms with E-state index in [1.54, 1.807) is 0 Å². The third-order valence-electron chi connectivity index (χ3n) is 13.5. The highest BCUT2D eigenvalue weighted by molar-refractivity contribution is 6.14. The summed E-state index contributed by atoms with van der Waals surface area (Å²) < 4.78 is 6.75. The molecule has 1 aliphatic carbocycles. The molecule has 290 valence electrons. The average Bonchev–Trinajstić information content (AvgIpc) is 3.92. The first-order chi connectivity index (χ1) is 30.7. The van der Waals surface area contributed by atoms with Crippen molar-refractivity contribution >= 4 is 48.8 Å². The predicted octanol–water partition coefficient (Wildman–Crippen LogP) is 15.5. The minimum atomic E-state index is -0.534. The third-order valence-corrected chi connectivity index (χ3v) is 13.5. The Balaban J connectivity index is 1.02. The highest BCUT2D eigenvalue weighted by Gasteiger charge is 2.47. The van der Waals surface area contributed by atoms with Gasteiger partial charge in [-0.1, -0.05) is 194 Å². The molecule has 0 spiro atoms. The van der Waals surface area contributed by atoms with Gasteiger partial charge in [-0.15, -0.1) is 0 Å². The van der Waals surface area contributed by atoms with Gasteiger partial charge in [0.25, 0.3) is 0 Å². The molecule has 0 bridgehead atoms. The molecule has 0 saturated heterocycles. The Hall–Kier alpha value is -7.94. The van der Waals surface area contributed by atoms with E-state index in [0.29, 0.717) is 0 Å². The van der Waals surface area contributed by atoms with Gasteiger partial charge in [0.1, 0.15) is 0 Å². The summed E-state index contributed by atoms with van der Waals surface area (Å²) in [5, 5.41) is 13.3. The molecular formula is C60H39NO. The smallest absolute Gasteiger partial charge is 0.196 e. The van der Waals surface area contributed by atoms with Gasteiger partial charge in [0.2, 0.25) is 0 Å². The molecule has 2 aliphatic rings. The molecule has 1 unspecified atom stereocenters. The lowest BCUT2D eigenvalue weighted by Crippen LogP contribution is -2.28. The van der Waals surface area contributed by atoms with Crippen LogP contribution >= 0.6 is 0 Å². The summed E-state index contributed by atoms with van der Waals surface area (Å²) in [4.78, 5) is 0. The molecule has 2 nitrogen and oxygen atoms in total. The SMILES string of the molecule is c1ccc(C2Nc3ccc4ccc5ccc(-c6cc(-c7ccc8c(c7)C(c7ccccc7)(c7ccccc7)c7c-8ccc8ccccc78)c7ccccc7c6)cc5c4c3O2)cc1. The standard InChI is InChI=1S/C60H39NO/c1-4-15-41(16-5-1)59-61-55-33-30-40-26-24-39-25-27-42(35-53(39)56(40)58(55)62-59)45-34-43-17-11-12-22-48(43)52(36-45)44-29-31-50-51-32-28-38-14-10-13-23-49(38)57(51)60(54(50)37-44,46-18-6-2-7-19-46)47-20-8-3-9-21-47/h1-37,59,61H. The molecule has 0 saturated carbocycles. The van der Waals surface area contributed by atoms with E-state index in [9.17, 15) is 0 Å². The first kappa shape index (κ1) is 34.9. The van der Waals surface area contributed by atoms with E-state index >= 15 is 0 Å². The summed E-state index contributed by atoms with van der Waals surface area (Å²) in [5.41, 5.74) is 14.1. The Bertz CT molecular complexity index is 3540. The Morgan fingerprint density at radius 1 is 0.387 bits per heavy atom. The molecule has 11 aromatic carbocycles. The van der Waals surface area contributed by atoms with Crippen LogP contribution in [0.3, 0.4) is 0 Å². The van der Waals surface area contributed by atoms with Crippen molar-refractivity contribution in [3.05, 3.63) is 252 Å². The minimum absolute atomic E-state index is 0.236. The zero-order valence-corrected chi connectivity index (χ0v) is 33.8. The number of hydrogen-bond acceptors (Lipinski definition) is 2. The van der Waals surface area contributed by atoms with Gasteiger partial charge in [0, 0.05) is 10.9 Å². The molecule has 1 N–H and O–H groups in total. The van der Waals surface area contributed by atoms with Gasteiger partial charge in [-0.3, -0.25) is 0 Å². The lowest BCUT2D eigenvalue weighted by atomic mass is 9.66. The van der Waals surface area contributed by atoms with Crippen molar-refractivity contribution in [2.24, 2.45) is 0 Å². The first-order valence-corrected chi connectivity index (χ1v) is 21.5. The summed E-state index contributed by atoms with van der Waals surface area (Å²) in [6.45, 7) is 0. The lowest BCUT2D eigenvalue weighted by molar-refractivity contribution is 0.263. The van der Waals surface area contributed by atoms with Gasteiger partial charge >= 0.3 is 0 Å². The van der Waals surface area contributed by atoms with E-state index in [1.807, 2.05) is 6.07 Å². The van der Waals surface area contributed by atoms with Crippen molar-refractivity contribution in [2.75, 3.05) is 5.32 Å². The van der Waals surface area contributed by atoms with E-state index in [2.05, 4.69) is 224 Å². The van der Waals surface area contributed by atoms with Crippen LogP contribution in [-0.4, -0.2) is 0 Å². The van der Waals surface area contributed by atoms with E-state index in [-0.39, 0.29) is 6.23 Å². The van der Waals surface area contributed by atoms with E-state index in [4.69, 9.17) is 4.74 Å². The lowest BCUT2D eigenvalue weighted by Gasteiger charge is -2.35. The van der Waals surface area contributed by atoms with Crippen molar-refractivity contribution in [2.45, 2.75) is 11.6 Å². The summed E-state index contributed by atoms with van der Waals surface area (Å²) in [6.07, 6.45) is -0.236. The fraction of sp³-hybridized carbons (Fsp3) is 0.0333. The monoisotopic (exact) mass is 789 g/mol. The first-order valence-electron chi connectivity index (χ1n) is 21.5. The third kappa shape index (κ3) is 5.10. The van der Waals surface area contributed by atoms with Crippen molar-refractivity contribution in [1.82, 2.24) is 0 Å². The number of rotatable bonds is 5. The highest BCUT2D eigenvalue weighted by Crippen LogP contribution is 2.59. The molecule has 0 aromatic heterocycles. The Kier molecular flexibility index (Phi) is 7.62. The fourth-order valence-corrected chi connectivity index (χ4v) is 10.7. The maximum atomic E-state index is 6.75.